The predicted octanol–water partition coefficient (Wildman–Crippen LogP) is 1.06. The second-order valence-corrected chi connectivity index (χ2v) is 7.93. The number of aromatic nitrogens is 3. The van der Waals surface area contributed by atoms with E-state index >= 15 is 0 Å². The molecule has 11 heteroatoms. The van der Waals surface area contributed by atoms with Crippen molar-refractivity contribution in [2.75, 3.05) is 31.2 Å². The zero-order chi connectivity index (χ0) is 20.5. The summed E-state index contributed by atoms with van der Waals surface area (Å²) in [6, 6.07) is 0. The van der Waals surface area contributed by atoms with Gasteiger partial charge < -0.3 is 21.1 Å². The molecule has 1 aliphatic heterocycles. The number of nitrogens with one attached hydrogen (secondary N) is 2. The highest BCUT2D eigenvalue weighted by Crippen LogP contribution is 2.43. The highest BCUT2D eigenvalue weighted by Gasteiger charge is 2.38. The van der Waals surface area contributed by atoms with Crippen molar-refractivity contribution < 1.29 is 14.7 Å². The van der Waals surface area contributed by atoms with Crippen LogP contribution in [0.25, 0.3) is 5.70 Å². The first kappa shape index (κ1) is 19.6. The number of fused-ring (bicyclic) bond motifs is 2. The average molecular weight is 417 g/mol. The molecule has 154 valence electrons. The van der Waals surface area contributed by atoms with Gasteiger partial charge in [-0.2, -0.15) is 0 Å². The molecule has 0 bridgehead atoms. The Bertz CT molecular complexity index is 980. The van der Waals surface area contributed by atoms with E-state index in [1.165, 1.54) is 0 Å². The number of nitrogens with zero attached hydrogens (tertiary/aromatic N) is 4. The van der Waals surface area contributed by atoms with Crippen molar-refractivity contribution in [2.24, 2.45) is 5.73 Å². The van der Waals surface area contributed by atoms with E-state index in [4.69, 9.17) is 5.73 Å². The predicted molar refractivity (Wildman–Crippen MR) is 109 cm³/mol. The maximum absolute atomic E-state index is 11.9. The summed E-state index contributed by atoms with van der Waals surface area (Å²) in [5.41, 5.74) is 9.22. The molecule has 0 aromatic carbocycles. The molecule has 2 aromatic rings. The number of likely N-dealkylation sites (N-methyl/N-ethyl adjacent to an activating group) is 1. The number of rotatable bonds is 7. The number of primary amides is 1. The lowest BCUT2D eigenvalue weighted by Gasteiger charge is -2.30. The van der Waals surface area contributed by atoms with Crippen LogP contribution in [0.2, 0.25) is 0 Å². The molecule has 0 fully saturated rings. The van der Waals surface area contributed by atoms with Crippen LogP contribution in [0.5, 0.6) is 0 Å². The second kappa shape index (κ2) is 7.93. The lowest BCUT2D eigenvalue weighted by atomic mass is 10.0. The minimum Gasteiger partial charge on any atom is -0.478 e. The molecular formula is C18H23N7O3S. The molecule has 29 heavy (non-hydrogen) atoms. The van der Waals surface area contributed by atoms with Gasteiger partial charge in [0.15, 0.2) is 0 Å². The van der Waals surface area contributed by atoms with Gasteiger partial charge in [-0.05, 0) is 31.4 Å². The number of nitrogens with two attached hydrogens (primary N) is 1. The van der Waals surface area contributed by atoms with Crippen molar-refractivity contribution in [3.05, 3.63) is 33.6 Å². The lowest BCUT2D eigenvalue weighted by molar-refractivity contribution is 0.0696. The monoisotopic (exact) mass is 417 g/mol. The number of aryl methyl sites for hydroxylation is 1. The number of aromatic carboxylic acids is 1. The Morgan fingerprint density at radius 1 is 1.38 bits per heavy atom. The largest absolute Gasteiger partial charge is 0.478 e. The van der Waals surface area contributed by atoms with Crippen molar-refractivity contribution in [3.63, 3.8) is 0 Å². The number of amides is 1. The highest BCUT2D eigenvalue weighted by molar-refractivity contribution is 7.17. The zero-order valence-electron chi connectivity index (χ0n) is 16.1. The van der Waals surface area contributed by atoms with E-state index in [1.807, 2.05) is 11.9 Å². The van der Waals surface area contributed by atoms with Crippen LogP contribution in [0.15, 0.2) is 11.8 Å². The Hall–Kier alpha value is -2.76. The zero-order valence-corrected chi connectivity index (χ0v) is 16.9. The number of carboxylic acid groups (broad SMARTS) is 1. The van der Waals surface area contributed by atoms with E-state index in [0.717, 1.165) is 60.7 Å². The molecule has 0 atom stereocenters. The van der Waals surface area contributed by atoms with Crippen molar-refractivity contribution in [1.82, 2.24) is 25.5 Å². The molecule has 1 amide bonds. The molecule has 4 rings (SSSR count). The van der Waals surface area contributed by atoms with Gasteiger partial charge in [-0.1, -0.05) is 18.3 Å². The molecular weight excluding hydrogens is 394 g/mol. The molecule has 0 saturated carbocycles. The fourth-order valence-corrected chi connectivity index (χ4v) is 4.63. The first-order valence-corrected chi connectivity index (χ1v) is 10.4. The summed E-state index contributed by atoms with van der Waals surface area (Å²) in [6.45, 7) is 5.05. The van der Waals surface area contributed by atoms with Gasteiger partial charge >= 0.3 is 5.97 Å². The summed E-state index contributed by atoms with van der Waals surface area (Å²) in [5.74, 6) is -1.60. The summed E-state index contributed by atoms with van der Waals surface area (Å²) in [5, 5.41) is 25.8. The van der Waals surface area contributed by atoms with Gasteiger partial charge in [0, 0.05) is 37.1 Å². The van der Waals surface area contributed by atoms with Crippen LogP contribution in [0.3, 0.4) is 0 Å². The van der Waals surface area contributed by atoms with Crippen molar-refractivity contribution in [1.29, 1.82) is 0 Å². The molecule has 0 radical (unpaired) electrons. The molecule has 1 aliphatic carbocycles. The van der Waals surface area contributed by atoms with Crippen molar-refractivity contribution >= 4 is 34.0 Å². The van der Waals surface area contributed by atoms with E-state index in [-0.39, 0.29) is 10.6 Å². The van der Waals surface area contributed by atoms with Crippen LogP contribution in [-0.4, -0.2) is 63.4 Å². The smallest absolute Gasteiger partial charge is 0.337 e. The molecule has 3 heterocycles. The average Bonchev–Trinajstić information content (AvgIpc) is 3.37. The first-order valence-electron chi connectivity index (χ1n) is 9.56. The molecule has 0 saturated heterocycles. The second-order valence-electron chi connectivity index (χ2n) is 6.97. The molecule has 5 N–H and O–H groups in total. The summed E-state index contributed by atoms with van der Waals surface area (Å²) >= 11 is 1.11. The Labute approximate surface area is 171 Å². The summed E-state index contributed by atoms with van der Waals surface area (Å²) in [7, 11) is 0. The maximum Gasteiger partial charge on any atom is 0.337 e. The first-order chi connectivity index (χ1) is 14.0. The number of hydrogen-bond donors (Lipinski definition) is 4. The van der Waals surface area contributed by atoms with E-state index in [0.29, 0.717) is 23.8 Å². The number of aromatic amines is 1. The van der Waals surface area contributed by atoms with E-state index in [1.54, 1.807) is 6.20 Å². The van der Waals surface area contributed by atoms with Gasteiger partial charge in [0.1, 0.15) is 0 Å². The van der Waals surface area contributed by atoms with Gasteiger partial charge in [0.2, 0.25) is 10.1 Å². The Balaban J connectivity index is 1.81. The van der Waals surface area contributed by atoms with Crippen LogP contribution in [0, 0.1) is 0 Å². The van der Waals surface area contributed by atoms with Crippen LogP contribution < -0.4 is 16.1 Å². The van der Waals surface area contributed by atoms with Crippen LogP contribution in [0.4, 0.5) is 5.13 Å². The summed E-state index contributed by atoms with van der Waals surface area (Å²) < 4.78 is 0. The van der Waals surface area contributed by atoms with Gasteiger partial charge in [-0.3, -0.25) is 4.79 Å². The summed E-state index contributed by atoms with van der Waals surface area (Å²) in [4.78, 5) is 26.6. The maximum atomic E-state index is 11.9. The topological polar surface area (TPSA) is 140 Å². The minimum atomic E-state index is -0.975. The standard InChI is InChI=1S/C18H23N7O3S/c1-2-20-6-7-24-9-10-4-3-5-12-13(11(8-21-12)17(27)28)14(10)25(24)18-23-22-16(29-18)15(19)26/h8,20-21H,2-7,9H2,1H3,(H2,19,26)(H,27,28). The quantitative estimate of drug-likeness (QED) is 0.490. The van der Waals surface area contributed by atoms with E-state index in [2.05, 4.69) is 25.5 Å². The molecule has 0 unspecified atom stereocenters. The Morgan fingerprint density at radius 3 is 2.90 bits per heavy atom. The molecule has 2 aliphatic rings. The Morgan fingerprint density at radius 2 is 2.21 bits per heavy atom. The van der Waals surface area contributed by atoms with Gasteiger partial charge in [-0.25, -0.2) is 14.8 Å². The van der Waals surface area contributed by atoms with Gasteiger partial charge in [-0.15, -0.1) is 10.2 Å². The van der Waals surface area contributed by atoms with Crippen LogP contribution >= 0.6 is 11.3 Å². The third-order valence-corrected chi connectivity index (χ3v) is 6.05. The number of H-pyrrole nitrogens is 1. The highest BCUT2D eigenvalue weighted by atomic mass is 32.1. The number of carboxylic acids is 1. The third kappa shape index (κ3) is 3.52. The fraction of sp³-hybridized carbons (Fsp3) is 0.444. The molecule has 2 aromatic heterocycles. The van der Waals surface area contributed by atoms with Crippen LogP contribution in [-0.2, 0) is 6.42 Å². The van der Waals surface area contributed by atoms with E-state index < -0.39 is 11.9 Å². The van der Waals surface area contributed by atoms with Gasteiger partial charge in [0.25, 0.3) is 5.91 Å². The minimum absolute atomic E-state index is 0.127. The molecule has 10 nitrogen and oxygen atoms in total. The molecule has 0 spiro atoms. The van der Waals surface area contributed by atoms with E-state index in [9.17, 15) is 14.7 Å². The number of hydrazine groups is 1. The number of hydrogen-bond acceptors (Lipinski definition) is 8. The summed E-state index contributed by atoms with van der Waals surface area (Å²) in [6.07, 6.45) is 4.14. The Kier molecular flexibility index (Phi) is 5.35. The van der Waals surface area contributed by atoms with Crippen molar-refractivity contribution in [3.8, 4) is 0 Å². The van der Waals surface area contributed by atoms with Crippen molar-refractivity contribution in [2.45, 2.75) is 26.2 Å². The number of anilines is 1. The van der Waals surface area contributed by atoms with Crippen LogP contribution in [0.1, 0.15) is 51.2 Å². The lowest BCUT2D eigenvalue weighted by Crippen LogP contribution is -2.41. The third-order valence-electron chi connectivity index (χ3n) is 5.14. The van der Waals surface area contributed by atoms with Gasteiger partial charge in [0.05, 0.1) is 11.3 Å². The number of carbonyl (C=O) groups is 2. The number of carbonyl (C=O) groups excluding carboxylic acids is 1. The SMILES string of the molecule is CCNCCN1CC2=C(c3c(C(=O)O)c[nH]c3CCC2)N1c1nnc(C(N)=O)s1. The fourth-order valence-electron chi connectivity index (χ4n) is 3.90. The normalized spacial score (nSPS) is 16.7.